The first kappa shape index (κ1) is 28.1. The number of hydrogen-bond donors (Lipinski definition) is 0. The predicted octanol–water partition coefficient (Wildman–Crippen LogP) is 13.6. The zero-order valence-corrected chi connectivity index (χ0v) is 27.7. The number of fused-ring (bicyclic) bond motifs is 9. The van der Waals surface area contributed by atoms with Crippen molar-refractivity contribution < 1.29 is 0 Å². The lowest BCUT2D eigenvalue weighted by molar-refractivity contribution is 0.661. The van der Waals surface area contributed by atoms with Crippen molar-refractivity contribution in [1.82, 2.24) is 0 Å². The van der Waals surface area contributed by atoms with Gasteiger partial charge in [-0.05, 0) is 105 Å². The normalized spacial score (nSPS) is 13.3. The molecule has 1 aliphatic carbocycles. The summed E-state index contributed by atoms with van der Waals surface area (Å²) >= 11 is 0. The summed E-state index contributed by atoms with van der Waals surface area (Å²) in [6.45, 7) is 4.79. The topological polar surface area (TPSA) is 0 Å². The quantitative estimate of drug-likeness (QED) is 0.184. The molecule has 0 saturated heterocycles. The second-order valence-electron chi connectivity index (χ2n) is 14.0. The Kier molecular flexibility index (Phi) is 6.02. The van der Waals surface area contributed by atoms with Gasteiger partial charge in [0, 0.05) is 5.41 Å². The van der Waals surface area contributed by atoms with Crippen molar-refractivity contribution in [2.45, 2.75) is 19.3 Å². The van der Waals surface area contributed by atoms with Crippen LogP contribution in [0, 0.1) is 0 Å². The molecule has 0 heterocycles. The zero-order valence-electron chi connectivity index (χ0n) is 27.7. The Hall–Kier alpha value is -5.98. The molecule has 0 heteroatoms. The van der Waals surface area contributed by atoms with E-state index in [1.807, 2.05) is 0 Å². The molecule has 0 unspecified atom stereocenters. The maximum absolute atomic E-state index is 2.51. The molecule has 0 atom stereocenters. The minimum absolute atomic E-state index is 0.116. The van der Waals surface area contributed by atoms with Crippen molar-refractivity contribution in [3.63, 3.8) is 0 Å². The Bertz CT molecular complexity index is 2770. The van der Waals surface area contributed by atoms with E-state index in [1.165, 1.54) is 98.7 Å². The summed E-state index contributed by atoms with van der Waals surface area (Å²) in [5, 5.41) is 10.4. The minimum atomic E-state index is -0.116. The molecule has 0 saturated carbocycles. The number of rotatable bonds is 3. The fourth-order valence-corrected chi connectivity index (χ4v) is 8.66. The first-order valence-corrected chi connectivity index (χ1v) is 17.3. The average Bonchev–Trinajstić information content (AvgIpc) is 3.40. The summed E-state index contributed by atoms with van der Waals surface area (Å²) in [4.78, 5) is 0. The molecule has 0 amide bonds. The lowest BCUT2D eigenvalue weighted by atomic mass is 9.80. The summed E-state index contributed by atoms with van der Waals surface area (Å²) in [5.74, 6) is 0. The van der Waals surface area contributed by atoms with E-state index < -0.39 is 0 Å². The van der Waals surface area contributed by atoms with Crippen molar-refractivity contribution in [3.8, 4) is 44.5 Å². The molecule has 0 radical (unpaired) electrons. The van der Waals surface area contributed by atoms with Crippen LogP contribution in [-0.4, -0.2) is 0 Å². The third kappa shape index (κ3) is 4.11. The summed E-state index contributed by atoms with van der Waals surface area (Å²) in [5.41, 5.74) is 13.1. The van der Waals surface area contributed by atoms with Gasteiger partial charge in [-0.25, -0.2) is 0 Å². The Morgan fingerprint density at radius 1 is 0.306 bits per heavy atom. The first-order chi connectivity index (χ1) is 24.1. The maximum atomic E-state index is 2.51. The molecule has 0 fully saturated rings. The Morgan fingerprint density at radius 3 is 1.47 bits per heavy atom. The van der Waals surface area contributed by atoms with Crippen LogP contribution < -0.4 is 0 Å². The standard InChI is InChI=1S/C49H34/c1-49(2)45-29-26-32-13-4-6-16-38(32)47(45)48-43-20-10-9-19-41(43)44(30-46(48)49)42-28-27-37(39-17-7-8-18-40(39)42)34-24-22-33(23-25-34)36-21-11-14-31-12-3-5-15-35(31)36/h3-30H,1-2H3. The van der Waals surface area contributed by atoms with E-state index in [9.17, 15) is 0 Å². The maximum Gasteiger partial charge on any atom is 0.0159 e. The summed E-state index contributed by atoms with van der Waals surface area (Å²) in [6.07, 6.45) is 0. The van der Waals surface area contributed by atoms with Crippen molar-refractivity contribution >= 4 is 43.1 Å². The van der Waals surface area contributed by atoms with Gasteiger partial charge in [0.25, 0.3) is 0 Å². The molecule has 10 rings (SSSR count). The van der Waals surface area contributed by atoms with Crippen LogP contribution in [0.3, 0.4) is 0 Å². The van der Waals surface area contributed by atoms with Gasteiger partial charge in [0.2, 0.25) is 0 Å². The fraction of sp³-hybridized carbons (Fsp3) is 0.0612. The second-order valence-corrected chi connectivity index (χ2v) is 14.0. The predicted molar refractivity (Wildman–Crippen MR) is 210 cm³/mol. The molecule has 9 aromatic rings. The zero-order chi connectivity index (χ0) is 32.7. The smallest absolute Gasteiger partial charge is 0.0159 e. The summed E-state index contributed by atoms with van der Waals surface area (Å²) in [7, 11) is 0. The second kappa shape index (κ2) is 10.5. The molecule has 0 spiro atoms. The van der Waals surface area contributed by atoms with Crippen molar-refractivity contribution in [1.29, 1.82) is 0 Å². The summed E-state index contributed by atoms with van der Waals surface area (Å²) < 4.78 is 0. The molecule has 1 aliphatic rings. The van der Waals surface area contributed by atoms with Crippen LogP contribution in [0.5, 0.6) is 0 Å². The first-order valence-electron chi connectivity index (χ1n) is 17.3. The van der Waals surface area contributed by atoms with Crippen molar-refractivity contribution in [2.75, 3.05) is 0 Å². The minimum Gasteiger partial charge on any atom is -0.0616 e. The van der Waals surface area contributed by atoms with E-state index in [4.69, 9.17) is 0 Å². The average molecular weight is 623 g/mol. The van der Waals surface area contributed by atoms with Crippen molar-refractivity contribution in [3.05, 3.63) is 181 Å². The lowest BCUT2D eigenvalue weighted by Gasteiger charge is -2.23. The molecular formula is C49H34. The highest BCUT2D eigenvalue weighted by molar-refractivity contribution is 6.17. The van der Waals surface area contributed by atoms with E-state index in [-0.39, 0.29) is 5.41 Å². The molecule has 49 heavy (non-hydrogen) atoms. The monoisotopic (exact) mass is 622 g/mol. The van der Waals surface area contributed by atoms with Gasteiger partial charge in [0.05, 0.1) is 0 Å². The molecule has 9 aromatic carbocycles. The molecular weight excluding hydrogens is 589 g/mol. The molecule has 230 valence electrons. The number of hydrogen-bond acceptors (Lipinski definition) is 0. The Balaban J connectivity index is 1.16. The Labute approximate surface area is 286 Å². The Morgan fingerprint density at radius 2 is 0.776 bits per heavy atom. The molecule has 0 N–H and O–H groups in total. The van der Waals surface area contributed by atoms with Crippen LogP contribution in [0.1, 0.15) is 25.0 Å². The molecule has 0 aromatic heterocycles. The van der Waals surface area contributed by atoms with Gasteiger partial charge in [-0.1, -0.05) is 178 Å². The highest BCUT2D eigenvalue weighted by Gasteiger charge is 2.38. The molecule has 0 aliphatic heterocycles. The van der Waals surface area contributed by atoms with Gasteiger partial charge in [-0.15, -0.1) is 0 Å². The van der Waals surface area contributed by atoms with Gasteiger partial charge in [0.15, 0.2) is 0 Å². The third-order valence-electron chi connectivity index (χ3n) is 11.1. The van der Waals surface area contributed by atoms with Gasteiger partial charge in [-0.2, -0.15) is 0 Å². The van der Waals surface area contributed by atoms with Crippen molar-refractivity contribution in [2.24, 2.45) is 0 Å². The van der Waals surface area contributed by atoms with Crippen LogP contribution in [0.25, 0.3) is 87.6 Å². The molecule has 0 nitrogen and oxygen atoms in total. The van der Waals surface area contributed by atoms with E-state index in [2.05, 4.69) is 184 Å². The lowest BCUT2D eigenvalue weighted by Crippen LogP contribution is -2.15. The van der Waals surface area contributed by atoms with Crippen LogP contribution >= 0.6 is 0 Å². The van der Waals surface area contributed by atoms with Gasteiger partial charge >= 0.3 is 0 Å². The van der Waals surface area contributed by atoms with E-state index in [0.29, 0.717) is 0 Å². The highest BCUT2D eigenvalue weighted by atomic mass is 14.4. The van der Waals surface area contributed by atoms with E-state index in [1.54, 1.807) is 0 Å². The van der Waals surface area contributed by atoms with E-state index in [0.717, 1.165) is 0 Å². The van der Waals surface area contributed by atoms with Crippen LogP contribution in [0.15, 0.2) is 170 Å². The largest absolute Gasteiger partial charge is 0.0616 e. The SMILES string of the molecule is CC1(C)c2ccc3ccccc3c2-c2c1cc(-c1ccc(-c3ccc(-c4cccc5ccccc45)cc3)c3ccccc13)c1ccccc21. The highest BCUT2D eigenvalue weighted by Crippen LogP contribution is 2.55. The van der Waals surface area contributed by atoms with E-state index >= 15 is 0 Å². The van der Waals surface area contributed by atoms with Crippen LogP contribution in [0.4, 0.5) is 0 Å². The van der Waals surface area contributed by atoms with Crippen LogP contribution in [0.2, 0.25) is 0 Å². The summed E-state index contributed by atoms with van der Waals surface area (Å²) in [6, 6.07) is 63.0. The third-order valence-corrected chi connectivity index (χ3v) is 11.1. The van der Waals surface area contributed by atoms with Crippen LogP contribution in [-0.2, 0) is 5.41 Å². The molecule has 0 bridgehead atoms. The fourth-order valence-electron chi connectivity index (χ4n) is 8.66. The van der Waals surface area contributed by atoms with Gasteiger partial charge < -0.3 is 0 Å². The van der Waals surface area contributed by atoms with Gasteiger partial charge in [-0.3, -0.25) is 0 Å². The van der Waals surface area contributed by atoms with Gasteiger partial charge in [0.1, 0.15) is 0 Å². The number of benzene rings is 9.